The van der Waals surface area contributed by atoms with Crippen molar-refractivity contribution in [3.8, 4) is 40.2 Å². The second-order valence-corrected chi connectivity index (χ2v) is 9.34. The van der Waals surface area contributed by atoms with Crippen LogP contribution in [0, 0.1) is 24.7 Å². The number of methoxy groups -OCH3 is 1. The summed E-state index contributed by atoms with van der Waals surface area (Å²) in [4.78, 5) is 12.2. The summed E-state index contributed by atoms with van der Waals surface area (Å²) in [5.74, 6) is 8.09. The molecule has 7 heteroatoms. The number of hydrogen-bond donors (Lipinski definition) is 0. The Hall–Kier alpha value is -4.05. The Morgan fingerprint density at radius 2 is 1.81 bits per heavy atom. The van der Waals surface area contributed by atoms with Crippen LogP contribution in [0.5, 0.6) is 17.2 Å². The second kappa shape index (κ2) is 11.3. The van der Waals surface area contributed by atoms with Crippen molar-refractivity contribution in [2.45, 2.75) is 39.0 Å². The molecule has 0 bridgehead atoms. The van der Waals surface area contributed by atoms with Gasteiger partial charge in [-0.25, -0.2) is 4.79 Å². The Labute approximate surface area is 217 Å². The van der Waals surface area contributed by atoms with Gasteiger partial charge in [-0.1, -0.05) is 43.4 Å². The first kappa shape index (κ1) is 24.6. The van der Waals surface area contributed by atoms with E-state index >= 15 is 0 Å². The molecule has 1 saturated carbocycles. The highest BCUT2D eigenvalue weighted by atomic mass is 16.6. The molecule has 1 aromatic heterocycles. The number of fused-ring (bicyclic) bond motifs is 1. The Balaban J connectivity index is 1.40. The maximum atomic E-state index is 12.2. The van der Waals surface area contributed by atoms with Gasteiger partial charge in [0.2, 0.25) is 5.69 Å². The molecule has 37 heavy (non-hydrogen) atoms. The van der Waals surface area contributed by atoms with Crippen molar-refractivity contribution in [2.75, 3.05) is 26.9 Å². The lowest BCUT2D eigenvalue weighted by Gasteiger charge is -2.21. The predicted molar refractivity (Wildman–Crippen MR) is 139 cm³/mol. The summed E-state index contributed by atoms with van der Waals surface area (Å²) in [6, 6.07) is 13.7. The Bertz CT molecular complexity index is 1350. The predicted octanol–water partition coefficient (Wildman–Crippen LogP) is 5.37. The molecule has 0 spiro atoms. The Kier molecular flexibility index (Phi) is 7.55. The lowest BCUT2D eigenvalue weighted by molar-refractivity contribution is 0.0585. The number of rotatable bonds is 5. The van der Waals surface area contributed by atoms with E-state index in [-0.39, 0.29) is 5.69 Å². The first-order valence-electron chi connectivity index (χ1n) is 12.7. The van der Waals surface area contributed by atoms with Crippen molar-refractivity contribution < 1.29 is 23.7 Å². The first-order valence-corrected chi connectivity index (χ1v) is 12.7. The number of carbonyl (C=O) groups is 1. The van der Waals surface area contributed by atoms with E-state index in [1.807, 2.05) is 37.3 Å². The molecule has 5 rings (SSSR count). The van der Waals surface area contributed by atoms with E-state index in [0.717, 1.165) is 46.6 Å². The molecular formula is C30H30N2O5. The lowest BCUT2D eigenvalue weighted by Crippen LogP contribution is -2.17. The van der Waals surface area contributed by atoms with E-state index in [0.29, 0.717) is 37.2 Å². The fourth-order valence-electron chi connectivity index (χ4n) is 4.77. The van der Waals surface area contributed by atoms with Crippen LogP contribution in [0.15, 0.2) is 42.5 Å². The summed E-state index contributed by atoms with van der Waals surface area (Å²) in [5, 5.41) is 8.22. The van der Waals surface area contributed by atoms with Crippen molar-refractivity contribution in [3.05, 3.63) is 65.0 Å². The first-order chi connectivity index (χ1) is 18.1. The number of ether oxygens (including phenoxy) is 4. The summed E-state index contributed by atoms with van der Waals surface area (Å²) < 4.78 is 22.3. The van der Waals surface area contributed by atoms with E-state index in [1.165, 1.54) is 26.4 Å². The largest absolute Gasteiger partial charge is 0.491 e. The molecule has 190 valence electrons. The number of carbonyl (C=O) groups excluding carboxylic acids is 1. The van der Waals surface area contributed by atoms with Gasteiger partial charge in [0, 0.05) is 11.6 Å². The van der Waals surface area contributed by atoms with Crippen LogP contribution in [0.3, 0.4) is 0 Å². The highest BCUT2D eigenvalue weighted by Gasteiger charge is 2.20. The van der Waals surface area contributed by atoms with Gasteiger partial charge in [0.15, 0.2) is 17.2 Å². The number of hydrogen-bond acceptors (Lipinski definition) is 7. The quantitative estimate of drug-likeness (QED) is 0.346. The third kappa shape index (κ3) is 5.69. The number of aromatic nitrogens is 2. The molecular weight excluding hydrogens is 468 g/mol. The fraction of sp³-hybridized carbons (Fsp3) is 0.367. The number of benzene rings is 2. The molecule has 0 atom stereocenters. The summed E-state index contributed by atoms with van der Waals surface area (Å²) >= 11 is 0. The van der Waals surface area contributed by atoms with Crippen molar-refractivity contribution in [2.24, 2.45) is 5.92 Å². The van der Waals surface area contributed by atoms with Crippen LogP contribution in [-0.2, 0) is 4.74 Å². The summed E-state index contributed by atoms with van der Waals surface area (Å²) in [7, 11) is 1.32. The van der Waals surface area contributed by atoms with E-state index in [9.17, 15) is 4.79 Å². The molecule has 3 aromatic rings. The second-order valence-electron chi connectivity index (χ2n) is 9.34. The van der Waals surface area contributed by atoms with Gasteiger partial charge in [0.1, 0.15) is 18.9 Å². The van der Waals surface area contributed by atoms with Crippen LogP contribution in [0.2, 0.25) is 0 Å². The third-order valence-electron chi connectivity index (χ3n) is 6.85. The minimum absolute atomic E-state index is 0.0700. The molecule has 0 radical (unpaired) electrons. The minimum atomic E-state index is -0.575. The number of esters is 1. The average molecular weight is 499 g/mol. The molecule has 0 saturated heterocycles. The van der Waals surface area contributed by atoms with Crippen LogP contribution in [0.4, 0.5) is 0 Å². The monoisotopic (exact) mass is 498 g/mol. The highest BCUT2D eigenvalue weighted by Crippen LogP contribution is 2.36. The van der Waals surface area contributed by atoms with Gasteiger partial charge in [0.05, 0.1) is 13.7 Å². The van der Waals surface area contributed by atoms with Gasteiger partial charge in [-0.05, 0) is 66.5 Å². The zero-order chi connectivity index (χ0) is 25.6. The van der Waals surface area contributed by atoms with Gasteiger partial charge in [0.25, 0.3) is 0 Å². The van der Waals surface area contributed by atoms with Gasteiger partial charge in [-0.15, -0.1) is 10.2 Å². The maximum Gasteiger partial charge on any atom is 0.362 e. The molecule has 1 fully saturated rings. The van der Waals surface area contributed by atoms with E-state index in [1.54, 1.807) is 6.07 Å². The topological polar surface area (TPSA) is 79.8 Å². The summed E-state index contributed by atoms with van der Waals surface area (Å²) in [5.41, 5.74) is 4.50. The van der Waals surface area contributed by atoms with Crippen LogP contribution in [0.25, 0.3) is 11.1 Å². The van der Waals surface area contributed by atoms with Crippen molar-refractivity contribution in [3.63, 3.8) is 0 Å². The van der Waals surface area contributed by atoms with Gasteiger partial charge < -0.3 is 18.9 Å². The molecule has 2 aliphatic rings. The lowest BCUT2D eigenvalue weighted by atomic mass is 9.90. The smallest absolute Gasteiger partial charge is 0.362 e. The SMILES string of the molecule is COC(=O)c1nnc(C#Cc2cccc(-c3ccc4c(c3)OCCO4)c2C)cc1OCC1CCCCC1. The van der Waals surface area contributed by atoms with Crippen LogP contribution < -0.4 is 14.2 Å². The van der Waals surface area contributed by atoms with Gasteiger partial charge >= 0.3 is 5.97 Å². The summed E-state index contributed by atoms with van der Waals surface area (Å²) in [6.07, 6.45) is 5.98. The molecule has 0 unspecified atom stereocenters. The normalized spacial score (nSPS) is 14.9. The average Bonchev–Trinajstić information content (AvgIpc) is 2.95. The molecule has 0 N–H and O–H groups in total. The highest BCUT2D eigenvalue weighted by molar-refractivity contribution is 5.90. The van der Waals surface area contributed by atoms with Crippen LogP contribution in [-0.4, -0.2) is 43.1 Å². The van der Waals surface area contributed by atoms with E-state index in [4.69, 9.17) is 18.9 Å². The molecule has 1 aliphatic heterocycles. The minimum Gasteiger partial charge on any atom is -0.491 e. The number of nitrogens with zero attached hydrogens (tertiary/aromatic N) is 2. The molecule has 0 amide bonds. The van der Waals surface area contributed by atoms with Crippen LogP contribution >= 0.6 is 0 Å². The van der Waals surface area contributed by atoms with Crippen molar-refractivity contribution in [1.82, 2.24) is 10.2 Å². The molecule has 2 aromatic carbocycles. The van der Waals surface area contributed by atoms with Crippen LogP contribution in [0.1, 0.15) is 59.4 Å². The Morgan fingerprint density at radius 1 is 1.00 bits per heavy atom. The molecule has 2 heterocycles. The molecule has 7 nitrogen and oxygen atoms in total. The third-order valence-corrected chi connectivity index (χ3v) is 6.85. The summed E-state index contributed by atoms with van der Waals surface area (Å²) in [6.45, 7) is 3.69. The standard InChI is InChI=1S/C30H30N2O5/c1-20-22(9-6-10-25(20)23-12-14-26-27(17-23)36-16-15-35-26)11-13-24-18-28(29(32-31-24)30(33)34-2)37-19-21-7-4-3-5-8-21/h6,9-10,12,14,17-18,21H,3-5,7-8,15-16,19H2,1-2H3. The van der Waals surface area contributed by atoms with Gasteiger partial charge in [-0.3, -0.25) is 0 Å². The van der Waals surface area contributed by atoms with E-state index < -0.39 is 5.97 Å². The van der Waals surface area contributed by atoms with Crippen molar-refractivity contribution >= 4 is 5.97 Å². The Morgan fingerprint density at radius 3 is 2.62 bits per heavy atom. The zero-order valence-corrected chi connectivity index (χ0v) is 21.2. The van der Waals surface area contributed by atoms with Gasteiger partial charge in [-0.2, -0.15) is 0 Å². The fourth-order valence-corrected chi connectivity index (χ4v) is 4.77. The zero-order valence-electron chi connectivity index (χ0n) is 21.2. The van der Waals surface area contributed by atoms with Crippen molar-refractivity contribution in [1.29, 1.82) is 0 Å². The maximum absolute atomic E-state index is 12.2. The molecule has 1 aliphatic carbocycles. The van der Waals surface area contributed by atoms with E-state index in [2.05, 4.69) is 28.1 Å².